The van der Waals surface area contributed by atoms with Gasteiger partial charge in [-0.1, -0.05) is 45.4 Å². The molecule has 2 aliphatic carbocycles. The second kappa shape index (κ2) is 9.80. The minimum atomic E-state index is 0.0917. The van der Waals surface area contributed by atoms with Crippen LogP contribution >= 0.6 is 0 Å². The third kappa shape index (κ3) is 4.79. The molecule has 3 atom stereocenters. The first kappa shape index (κ1) is 22.6. The molecule has 0 radical (unpaired) electrons. The third-order valence-corrected chi connectivity index (χ3v) is 7.43. The number of ketones is 1. The molecule has 0 spiro atoms. The Bertz CT molecular complexity index is 808. The summed E-state index contributed by atoms with van der Waals surface area (Å²) in [6.45, 7) is 8.95. The van der Waals surface area contributed by atoms with Crippen LogP contribution in [0.15, 0.2) is 35.1 Å². The standard InChI is InChI=1S/C26H39N3O/c1-6-18-11-12-19-15-21(13-14-23(19)25(18)30)26(3,4)20-9-8-10-22(16-20)29-24(7-2)28-17-27-5/h7,13-15,17-18,20,22,29H,6,8-12,16H2,1-5H3,(H,27,28)/b24-7+. The molecule has 3 unspecified atom stereocenters. The molecule has 4 nitrogen and oxygen atoms in total. The van der Waals surface area contributed by atoms with E-state index in [2.05, 4.69) is 60.7 Å². The fourth-order valence-electron chi connectivity index (χ4n) is 5.29. The van der Waals surface area contributed by atoms with Crippen molar-refractivity contribution in [3.05, 3.63) is 46.8 Å². The van der Waals surface area contributed by atoms with Crippen molar-refractivity contribution < 1.29 is 4.79 Å². The zero-order valence-electron chi connectivity index (χ0n) is 19.4. The van der Waals surface area contributed by atoms with Crippen molar-refractivity contribution in [3.8, 4) is 0 Å². The summed E-state index contributed by atoms with van der Waals surface area (Å²) in [7, 11) is 1.77. The molecule has 0 saturated heterocycles. The summed E-state index contributed by atoms with van der Waals surface area (Å²) in [5.74, 6) is 2.21. The van der Waals surface area contributed by atoms with Gasteiger partial charge in [0.05, 0.1) is 12.2 Å². The summed E-state index contributed by atoms with van der Waals surface area (Å²) in [5.41, 5.74) is 3.71. The summed E-state index contributed by atoms with van der Waals surface area (Å²) < 4.78 is 0. The van der Waals surface area contributed by atoms with Crippen LogP contribution in [-0.2, 0) is 11.8 Å². The van der Waals surface area contributed by atoms with E-state index in [4.69, 9.17) is 0 Å². The van der Waals surface area contributed by atoms with Crippen molar-refractivity contribution in [1.29, 1.82) is 0 Å². The number of nitrogens with zero attached hydrogens (tertiary/aromatic N) is 1. The summed E-state index contributed by atoms with van der Waals surface area (Å²) in [6.07, 6.45) is 11.6. The van der Waals surface area contributed by atoms with Crippen LogP contribution in [0.2, 0.25) is 0 Å². The zero-order chi connectivity index (χ0) is 21.7. The molecular weight excluding hydrogens is 370 g/mol. The Balaban J connectivity index is 1.74. The summed E-state index contributed by atoms with van der Waals surface area (Å²) in [6, 6.07) is 7.15. The van der Waals surface area contributed by atoms with Gasteiger partial charge in [0.25, 0.3) is 0 Å². The molecule has 0 aromatic heterocycles. The molecule has 1 fully saturated rings. The normalized spacial score (nSPS) is 25.3. The minimum Gasteiger partial charge on any atom is -0.369 e. The van der Waals surface area contributed by atoms with Gasteiger partial charge >= 0.3 is 0 Å². The lowest BCUT2D eigenvalue weighted by atomic mass is 9.65. The van der Waals surface area contributed by atoms with E-state index in [0.29, 0.717) is 17.7 Å². The largest absolute Gasteiger partial charge is 0.369 e. The van der Waals surface area contributed by atoms with Crippen molar-refractivity contribution in [1.82, 2.24) is 10.6 Å². The monoisotopic (exact) mass is 409 g/mol. The highest BCUT2D eigenvalue weighted by molar-refractivity contribution is 6.00. The van der Waals surface area contributed by atoms with E-state index in [0.717, 1.165) is 37.1 Å². The van der Waals surface area contributed by atoms with Gasteiger partial charge in [-0.05, 0) is 74.0 Å². The molecule has 1 aromatic carbocycles. The van der Waals surface area contributed by atoms with E-state index in [9.17, 15) is 4.79 Å². The molecule has 2 aliphatic rings. The van der Waals surface area contributed by atoms with Gasteiger partial charge in [-0.25, -0.2) is 0 Å². The number of hydrogen-bond donors (Lipinski definition) is 2. The zero-order valence-corrected chi connectivity index (χ0v) is 19.4. The predicted molar refractivity (Wildman–Crippen MR) is 126 cm³/mol. The molecule has 3 rings (SSSR count). The maximum atomic E-state index is 12.7. The van der Waals surface area contributed by atoms with Gasteiger partial charge in [0.15, 0.2) is 5.78 Å². The van der Waals surface area contributed by atoms with Crippen LogP contribution in [0, 0.1) is 11.8 Å². The Morgan fingerprint density at radius 1 is 1.27 bits per heavy atom. The SMILES string of the molecule is C/C=C(\NC=NC)NC1CCCC(C(C)(C)c2ccc3c(c2)CCC(CC)C3=O)C1. The number of fused-ring (bicyclic) bond motifs is 1. The lowest BCUT2D eigenvalue weighted by Gasteiger charge is -2.41. The van der Waals surface area contributed by atoms with Gasteiger partial charge in [0.1, 0.15) is 0 Å². The average Bonchev–Trinajstić information content (AvgIpc) is 2.76. The lowest BCUT2D eigenvalue weighted by Crippen LogP contribution is -2.42. The molecule has 0 heterocycles. The van der Waals surface area contributed by atoms with Crippen LogP contribution in [0.3, 0.4) is 0 Å². The minimum absolute atomic E-state index is 0.0917. The molecule has 0 bridgehead atoms. The molecule has 30 heavy (non-hydrogen) atoms. The van der Waals surface area contributed by atoms with Gasteiger partial charge in [-0.2, -0.15) is 0 Å². The molecule has 2 N–H and O–H groups in total. The number of rotatable bonds is 7. The highest BCUT2D eigenvalue weighted by Gasteiger charge is 2.36. The molecule has 1 saturated carbocycles. The number of hydrogen-bond acceptors (Lipinski definition) is 3. The van der Waals surface area contributed by atoms with Crippen molar-refractivity contribution >= 4 is 12.1 Å². The Morgan fingerprint density at radius 3 is 2.77 bits per heavy atom. The van der Waals surface area contributed by atoms with E-state index < -0.39 is 0 Å². The average molecular weight is 410 g/mol. The number of allylic oxidation sites excluding steroid dienone is 1. The Morgan fingerprint density at radius 2 is 2.07 bits per heavy atom. The number of aryl methyl sites for hydroxylation is 1. The Labute approximate surface area is 182 Å². The molecule has 4 heteroatoms. The van der Waals surface area contributed by atoms with Crippen LogP contribution in [-0.4, -0.2) is 25.2 Å². The predicted octanol–water partition coefficient (Wildman–Crippen LogP) is 5.38. The number of aliphatic imine (C=N–C) groups is 1. The molecule has 0 aliphatic heterocycles. The fraction of sp³-hybridized carbons (Fsp3) is 0.615. The maximum Gasteiger partial charge on any atom is 0.166 e. The number of carbonyl (C=O) groups is 1. The lowest BCUT2D eigenvalue weighted by molar-refractivity contribution is 0.0898. The van der Waals surface area contributed by atoms with E-state index in [1.807, 2.05) is 6.92 Å². The number of benzene rings is 1. The fourth-order valence-corrected chi connectivity index (χ4v) is 5.29. The Kier molecular flexibility index (Phi) is 7.38. The molecular formula is C26H39N3O. The van der Waals surface area contributed by atoms with Crippen molar-refractivity contribution in [2.75, 3.05) is 7.05 Å². The second-order valence-corrected chi connectivity index (χ2v) is 9.54. The first-order chi connectivity index (χ1) is 14.4. The molecule has 0 amide bonds. The second-order valence-electron chi connectivity index (χ2n) is 9.54. The number of nitrogens with one attached hydrogen (secondary N) is 2. The summed E-state index contributed by atoms with van der Waals surface area (Å²) in [5, 5.41) is 6.90. The Hall–Kier alpha value is -2.10. The molecule has 1 aromatic rings. The molecule has 164 valence electrons. The van der Waals surface area contributed by atoms with E-state index in [-0.39, 0.29) is 11.3 Å². The quantitative estimate of drug-likeness (QED) is 0.470. The van der Waals surface area contributed by atoms with Crippen LogP contribution in [0.5, 0.6) is 0 Å². The topological polar surface area (TPSA) is 53.5 Å². The van der Waals surface area contributed by atoms with Gasteiger partial charge < -0.3 is 10.6 Å². The first-order valence-electron chi connectivity index (χ1n) is 11.7. The van der Waals surface area contributed by atoms with Crippen LogP contribution in [0.4, 0.5) is 0 Å². The van der Waals surface area contributed by atoms with Crippen LogP contribution < -0.4 is 10.6 Å². The van der Waals surface area contributed by atoms with E-state index in [1.165, 1.54) is 30.4 Å². The van der Waals surface area contributed by atoms with Crippen LogP contribution in [0.25, 0.3) is 0 Å². The van der Waals surface area contributed by atoms with Gasteiger partial charge in [0.2, 0.25) is 0 Å². The third-order valence-electron chi connectivity index (χ3n) is 7.43. The summed E-state index contributed by atoms with van der Waals surface area (Å²) in [4.78, 5) is 16.8. The van der Waals surface area contributed by atoms with E-state index >= 15 is 0 Å². The smallest absolute Gasteiger partial charge is 0.166 e. The summed E-state index contributed by atoms with van der Waals surface area (Å²) >= 11 is 0. The van der Waals surface area contributed by atoms with Crippen molar-refractivity contribution in [3.63, 3.8) is 0 Å². The first-order valence-corrected chi connectivity index (χ1v) is 11.7. The highest BCUT2D eigenvalue weighted by Crippen LogP contribution is 2.42. The number of carbonyl (C=O) groups excluding carboxylic acids is 1. The number of Topliss-reactive ketones (excluding diaryl/α,β-unsaturated/α-hetero) is 1. The van der Waals surface area contributed by atoms with Crippen LogP contribution in [0.1, 0.15) is 87.7 Å². The highest BCUT2D eigenvalue weighted by atomic mass is 16.1. The van der Waals surface area contributed by atoms with Gasteiger partial charge in [-0.3, -0.25) is 9.79 Å². The van der Waals surface area contributed by atoms with Gasteiger partial charge in [0, 0.05) is 24.6 Å². The van der Waals surface area contributed by atoms with Crippen molar-refractivity contribution in [2.24, 2.45) is 16.8 Å². The maximum absolute atomic E-state index is 12.7. The van der Waals surface area contributed by atoms with Gasteiger partial charge in [-0.15, -0.1) is 0 Å². The van der Waals surface area contributed by atoms with Crippen molar-refractivity contribution in [2.45, 2.75) is 84.1 Å². The van der Waals surface area contributed by atoms with E-state index in [1.54, 1.807) is 13.4 Å².